The highest BCUT2D eigenvalue weighted by Crippen LogP contribution is 2.31. The molecule has 25 heavy (non-hydrogen) atoms. The Balaban J connectivity index is 1.92. The maximum atomic E-state index is 13.1. The number of amides is 3. The maximum Gasteiger partial charge on any atom is 0.256 e. The summed E-state index contributed by atoms with van der Waals surface area (Å²) in [7, 11) is 0. The van der Waals surface area contributed by atoms with E-state index in [-0.39, 0.29) is 24.3 Å². The standard InChI is InChI=1S/C19H25N3O3/c1-13(2)11-20-17(23)12-22-15-8-4-3-7-14(15)18(24)21-10-6-5-9-16(21)19(22)25/h3-4,7-8,13,16H,5-6,9-12H2,1-2H3,(H,20,23). The highest BCUT2D eigenvalue weighted by atomic mass is 16.2. The fourth-order valence-electron chi connectivity index (χ4n) is 3.46. The van der Waals surface area contributed by atoms with E-state index in [1.165, 1.54) is 4.90 Å². The van der Waals surface area contributed by atoms with Crippen LogP contribution in [0.15, 0.2) is 24.3 Å². The van der Waals surface area contributed by atoms with Crippen LogP contribution in [0.5, 0.6) is 0 Å². The average molecular weight is 343 g/mol. The number of fused-ring (bicyclic) bond motifs is 2. The van der Waals surface area contributed by atoms with E-state index in [4.69, 9.17) is 0 Å². The molecule has 1 unspecified atom stereocenters. The lowest BCUT2D eigenvalue weighted by molar-refractivity contribution is -0.126. The Hall–Kier alpha value is -2.37. The molecule has 1 fully saturated rings. The zero-order valence-corrected chi connectivity index (χ0v) is 14.8. The lowest BCUT2D eigenvalue weighted by Gasteiger charge is -2.34. The van der Waals surface area contributed by atoms with E-state index in [1.54, 1.807) is 29.2 Å². The molecule has 134 valence electrons. The molecular formula is C19H25N3O3. The van der Waals surface area contributed by atoms with Crippen molar-refractivity contribution in [3.63, 3.8) is 0 Å². The van der Waals surface area contributed by atoms with Crippen molar-refractivity contribution in [2.24, 2.45) is 5.92 Å². The Morgan fingerprint density at radius 3 is 2.76 bits per heavy atom. The number of piperidine rings is 1. The van der Waals surface area contributed by atoms with E-state index in [1.807, 2.05) is 13.8 Å². The molecule has 0 aliphatic carbocycles. The summed E-state index contributed by atoms with van der Waals surface area (Å²) in [4.78, 5) is 41.5. The lowest BCUT2D eigenvalue weighted by atomic mass is 10.0. The molecule has 0 aromatic heterocycles. The predicted molar refractivity (Wildman–Crippen MR) is 95.3 cm³/mol. The molecule has 6 heteroatoms. The summed E-state index contributed by atoms with van der Waals surface area (Å²) >= 11 is 0. The number of nitrogens with zero attached hydrogens (tertiary/aromatic N) is 2. The minimum Gasteiger partial charge on any atom is -0.354 e. The number of benzene rings is 1. The van der Waals surface area contributed by atoms with Crippen molar-refractivity contribution in [3.05, 3.63) is 29.8 Å². The summed E-state index contributed by atoms with van der Waals surface area (Å²) in [6, 6.07) is 6.61. The molecular weight excluding hydrogens is 318 g/mol. The Kier molecular flexibility index (Phi) is 5.06. The van der Waals surface area contributed by atoms with Gasteiger partial charge in [-0.25, -0.2) is 0 Å². The largest absolute Gasteiger partial charge is 0.354 e. The van der Waals surface area contributed by atoms with Gasteiger partial charge in [-0.1, -0.05) is 26.0 Å². The van der Waals surface area contributed by atoms with Crippen molar-refractivity contribution >= 4 is 23.4 Å². The van der Waals surface area contributed by atoms with Crippen molar-refractivity contribution in [1.29, 1.82) is 0 Å². The van der Waals surface area contributed by atoms with Crippen LogP contribution in [0.2, 0.25) is 0 Å². The predicted octanol–water partition coefficient (Wildman–Crippen LogP) is 1.80. The molecule has 0 radical (unpaired) electrons. The molecule has 3 amide bonds. The molecule has 2 aliphatic rings. The quantitative estimate of drug-likeness (QED) is 0.906. The Labute approximate surface area is 148 Å². The topological polar surface area (TPSA) is 69.7 Å². The minimum absolute atomic E-state index is 0.0554. The highest BCUT2D eigenvalue weighted by molar-refractivity contribution is 6.12. The minimum atomic E-state index is -0.466. The normalized spacial score (nSPS) is 20.2. The third-order valence-corrected chi connectivity index (χ3v) is 4.75. The van der Waals surface area contributed by atoms with Crippen LogP contribution >= 0.6 is 0 Å². The van der Waals surface area contributed by atoms with Crippen LogP contribution in [0.25, 0.3) is 0 Å². The second kappa shape index (κ2) is 7.25. The summed E-state index contributed by atoms with van der Waals surface area (Å²) in [5.41, 5.74) is 1.03. The molecule has 2 heterocycles. The highest BCUT2D eigenvalue weighted by Gasteiger charge is 2.40. The average Bonchev–Trinajstić information content (AvgIpc) is 2.70. The fraction of sp³-hybridized carbons (Fsp3) is 0.526. The smallest absolute Gasteiger partial charge is 0.256 e. The summed E-state index contributed by atoms with van der Waals surface area (Å²) < 4.78 is 0. The van der Waals surface area contributed by atoms with E-state index < -0.39 is 6.04 Å². The van der Waals surface area contributed by atoms with Crippen LogP contribution < -0.4 is 10.2 Å². The number of hydrogen-bond acceptors (Lipinski definition) is 3. The third-order valence-electron chi connectivity index (χ3n) is 4.75. The van der Waals surface area contributed by atoms with Crippen LogP contribution in [0.3, 0.4) is 0 Å². The number of para-hydroxylation sites is 1. The van der Waals surface area contributed by atoms with Gasteiger partial charge in [-0.05, 0) is 37.3 Å². The van der Waals surface area contributed by atoms with Crippen LogP contribution in [0, 0.1) is 5.92 Å². The molecule has 2 aliphatic heterocycles. The molecule has 1 saturated heterocycles. The molecule has 1 aromatic carbocycles. The molecule has 0 saturated carbocycles. The zero-order chi connectivity index (χ0) is 18.0. The van der Waals surface area contributed by atoms with Gasteiger partial charge in [0.1, 0.15) is 12.6 Å². The summed E-state index contributed by atoms with van der Waals surface area (Å²) in [6.45, 7) is 5.14. The van der Waals surface area contributed by atoms with E-state index >= 15 is 0 Å². The first-order chi connectivity index (χ1) is 12.0. The molecule has 0 spiro atoms. The molecule has 0 bridgehead atoms. The molecule has 1 N–H and O–H groups in total. The van der Waals surface area contributed by atoms with Crippen molar-refractivity contribution in [3.8, 4) is 0 Å². The van der Waals surface area contributed by atoms with Crippen molar-refractivity contribution in [2.75, 3.05) is 24.5 Å². The Morgan fingerprint density at radius 1 is 1.24 bits per heavy atom. The number of carbonyl (C=O) groups is 3. The van der Waals surface area contributed by atoms with Gasteiger partial charge >= 0.3 is 0 Å². The number of rotatable bonds is 4. The van der Waals surface area contributed by atoms with Gasteiger partial charge in [0, 0.05) is 13.1 Å². The van der Waals surface area contributed by atoms with Gasteiger partial charge < -0.3 is 15.1 Å². The Bertz CT molecular complexity index is 686. The fourth-order valence-corrected chi connectivity index (χ4v) is 3.46. The van der Waals surface area contributed by atoms with Gasteiger partial charge in [0.25, 0.3) is 5.91 Å². The van der Waals surface area contributed by atoms with Gasteiger partial charge in [0.15, 0.2) is 0 Å². The van der Waals surface area contributed by atoms with Crippen molar-refractivity contribution < 1.29 is 14.4 Å². The van der Waals surface area contributed by atoms with Gasteiger partial charge in [-0.2, -0.15) is 0 Å². The van der Waals surface area contributed by atoms with Crippen LogP contribution in [-0.4, -0.2) is 48.3 Å². The van der Waals surface area contributed by atoms with E-state index in [0.29, 0.717) is 36.7 Å². The molecule has 6 nitrogen and oxygen atoms in total. The van der Waals surface area contributed by atoms with Crippen LogP contribution in [-0.2, 0) is 9.59 Å². The lowest BCUT2D eigenvalue weighted by Crippen LogP contribution is -2.52. The second-order valence-corrected chi connectivity index (χ2v) is 7.15. The van der Waals surface area contributed by atoms with E-state index in [0.717, 1.165) is 12.8 Å². The first-order valence-corrected chi connectivity index (χ1v) is 8.97. The van der Waals surface area contributed by atoms with Gasteiger partial charge in [0.2, 0.25) is 11.8 Å². The zero-order valence-electron chi connectivity index (χ0n) is 14.8. The number of anilines is 1. The Morgan fingerprint density at radius 2 is 2.00 bits per heavy atom. The number of carbonyl (C=O) groups excluding carboxylic acids is 3. The third kappa shape index (κ3) is 3.52. The molecule has 1 aromatic rings. The van der Waals surface area contributed by atoms with Gasteiger partial charge in [-0.3, -0.25) is 14.4 Å². The summed E-state index contributed by atoms with van der Waals surface area (Å²) in [6.07, 6.45) is 2.49. The van der Waals surface area contributed by atoms with Crippen LogP contribution in [0.4, 0.5) is 5.69 Å². The number of hydrogen-bond donors (Lipinski definition) is 1. The number of nitrogens with one attached hydrogen (secondary N) is 1. The maximum absolute atomic E-state index is 13.1. The van der Waals surface area contributed by atoms with Crippen molar-refractivity contribution in [2.45, 2.75) is 39.2 Å². The molecule has 3 rings (SSSR count). The van der Waals surface area contributed by atoms with Gasteiger partial charge in [0.05, 0.1) is 11.3 Å². The summed E-state index contributed by atoms with van der Waals surface area (Å²) in [5.74, 6) is -0.128. The van der Waals surface area contributed by atoms with E-state index in [9.17, 15) is 14.4 Å². The van der Waals surface area contributed by atoms with Crippen molar-refractivity contribution in [1.82, 2.24) is 10.2 Å². The first kappa shape index (κ1) is 17.5. The SMILES string of the molecule is CC(C)CNC(=O)CN1C(=O)C2CCCCN2C(=O)c2ccccc21. The van der Waals surface area contributed by atoms with Crippen LogP contribution in [0.1, 0.15) is 43.5 Å². The van der Waals surface area contributed by atoms with Gasteiger partial charge in [-0.15, -0.1) is 0 Å². The van der Waals surface area contributed by atoms with E-state index in [2.05, 4.69) is 5.32 Å². The first-order valence-electron chi connectivity index (χ1n) is 8.97. The monoisotopic (exact) mass is 343 g/mol. The summed E-state index contributed by atoms with van der Waals surface area (Å²) in [5, 5.41) is 2.85. The second-order valence-electron chi connectivity index (χ2n) is 7.15. The molecule has 1 atom stereocenters.